The number of halogens is 3. The summed E-state index contributed by atoms with van der Waals surface area (Å²) in [7, 11) is 0. The van der Waals surface area contributed by atoms with Gasteiger partial charge < -0.3 is 0 Å². The van der Waals surface area contributed by atoms with E-state index in [2.05, 4.69) is 21.4 Å². The molecule has 0 saturated carbocycles. The first kappa shape index (κ1) is 16.7. The maximum atomic E-state index is 12.7. The van der Waals surface area contributed by atoms with Crippen LogP contribution >= 0.6 is 11.3 Å². The van der Waals surface area contributed by atoms with Crippen LogP contribution < -0.4 is 0 Å². The smallest absolute Gasteiger partial charge is 0.183 e. The Morgan fingerprint density at radius 2 is 1.73 bits per heavy atom. The third-order valence-electron chi connectivity index (χ3n) is 4.11. The molecule has 0 aliphatic rings. The zero-order chi connectivity index (χ0) is 18.3. The predicted molar refractivity (Wildman–Crippen MR) is 93.1 cm³/mol. The van der Waals surface area contributed by atoms with E-state index in [1.54, 1.807) is 4.52 Å². The van der Waals surface area contributed by atoms with Gasteiger partial charge in [0.2, 0.25) is 4.96 Å². The summed E-state index contributed by atoms with van der Waals surface area (Å²) in [4.78, 5) is 0.614. The maximum absolute atomic E-state index is 12.7. The van der Waals surface area contributed by atoms with Gasteiger partial charge in [0.15, 0.2) is 5.82 Å². The van der Waals surface area contributed by atoms with Crippen molar-refractivity contribution in [3.8, 4) is 11.4 Å². The Labute approximate surface area is 150 Å². The lowest BCUT2D eigenvalue weighted by Gasteiger charge is -2.06. The SMILES string of the molecule is Cc1ccccc1Cc1nn2c(-c3ccc(C(F)(F)F)cc3)nnc2s1. The second-order valence-electron chi connectivity index (χ2n) is 5.89. The molecule has 0 spiro atoms. The highest BCUT2D eigenvalue weighted by Crippen LogP contribution is 2.31. The predicted octanol–water partition coefficient (Wildman–Crippen LogP) is 4.77. The van der Waals surface area contributed by atoms with Gasteiger partial charge in [0.1, 0.15) is 5.01 Å². The Kier molecular flexibility index (Phi) is 3.99. The number of benzene rings is 2. The largest absolute Gasteiger partial charge is 0.416 e. The molecule has 0 aliphatic heterocycles. The molecule has 0 radical (unpaired) electrons. The van der Waals surface area contributed by atoms with Crippen molar-refractivity contribution in [3.63, 3.8) is 0 Å². The van der Waals surface area contributed by atoms with Crippen LogP contribution in [0.3, 0.4) is 0 Å². The number of fused-ring (bicyclic) bond motifs is 1. The Morgan fingerprint density at radius 1 is 1.00 bits per heavy atom. The molecule has 2 heterocycles. The highest BCUT2D eigenvalue weighted by Gasteiger charge is 2.30. The van der Waals surface area contributed by atoms with E-state index in [0.717, 1.165) is 17.1 Å². The number of aryl methyl sites for hydroxylation is 1. The van der Waals surface area contributed by atoms with Gasteiger partial charge in [0.05, 0.1) is 5.56 Å². The summed E-state index contributed by atoms with van der Waals surface area (Å²) in [5, 5.41) is 13.6. The Bertz CT molecular complexity index is 1060. The quantitative estimate of drug-likeness (QED) is 0.519. The molecular formula is C18H13F3N4S. The molecule has 0 bridgehead atoms. The lowest BCUT2D eigenvalue weighted by molar-refractivity contribution is -0.137. The van der Waals surface area contributed by atoms with Crippen molar-refractivity contribution in [2.75, 3.05) is 0 Å². The number of hydrogen-bond acceptors (Lipinski definition) is 4. The van der Waals surface area contributed by atoms with E-state index in [1.165, 1.54) is 34.6 Å². The van der Waals surface area contributed by atoms with Crippen LogP contribution in [0.2, 0.25) is 0 Å². The van der Waals surface area contributed by atoms with Crippen LogP contribution in [0.5, 0.6) is 0 Å². The fraction of sp³-hybridized carbons (Fsp3) is 0.167. The first-order valence-electron chi connectivity index (χ1n) is 7.85. The summed E-state index contributed by atoms with van der Waals surface area (Å²) < 4.78 is 39.7. The lowest BCUT2D eigenvalue weighted by Crippen LogP contribution is -2.04. The zero-order valence-corrected chi connectivity index (χ0v) is 14.5. The van der Waals surface area contributed by atoms with E-state index >= 15 is 0 Å². The first-order chi connectivity index (χ1) is 12.4. The molecule has 2 aromatic heterocycles. The van der Waals surface area contributed by atoms with Gasteiger partial charge in [-0.2, -0.15) is 22.8 Å². The fourth-order valence-corrected chi connectivity index (χ4v) is 3.54. The second kappa shape index (κ2) is 6.21. The van der Waals surface area contributed by atoms with Crippen molar-refractivity contribution in [1.82, 2.24) is 19.8 Å². The highest BCUT2D eigenvalue weighted by atomic mass is 32.1. The monoisotopic (exact) mass is 374 g/mol. The van der Waals surface area contributed by atoms with Gasteiger partial charge in [-0.1, -0.05) is 47.7 Å². The van der Waals surface area contributed by atoms with Crippen molar-refractivity contribution >= 4 is 16.3 Å². The Balaban J connectivity index is 1.67. The Hall–Kier alpha value is -2.74. The number of hydrogen-bond donors (Lipinski definition) is 0. The van der Waals surface area contributed by atoms with Crippen molar-refractivity contribution in [2.45, 2.75) is 19.5 Å². The minimum Gasteiger partial charge on any atom is -0.183 e. The van der Waals surface area contributed by atoms with Gasteiger partial charge in [-0.05, 0) is 30.2 Å². The van der Waals surface area contributed by atoms with E-state index in [9.17, 15) is 13.2 Å². The van der Waals surface area contributed by atoms with Crippen molar-refractivity contribution in [1.29, 1.82) is 0 Å². The van der Waals surface area contributed by atoms with Crippen LogP contribution in [-0.2, 0) is 12.6 Å². The molecule has 4 rings (SSSR count). The van der Waals surface area contributed by atoms with Gasteiger partial charge in [0, 0.05) is 12.0 Å². The molecular weight excluding hydrogens is 361 g/mol. The summed E-state index contributed by atoms with van der Waals surface area (Å²) in [6.07, 6.45) is -3.69. The molecule has 132 valence electrons. The van der Waals surface area contributed by atoms with Crippen LogP contribution in [0.4, 0.5) is 13.2 Å². The van der Waals surface area contributed by atoms with Crippen molar-refractivity contribution in [3.05, 3.63) is 70.2 Å². The molecule has 4 nitrogen and oxygen atoms in total. The van der Waals surface area contributed by atoms with Crippen LogP contribution in [0, 0.1) is 6.92 Å². The van der Waals surface area contributed by atoms with Gasteiger partial charge in [-0.15, -0.1) is 10.2 Å². The lowest BCUT2D eigenvalue weighted by atomic mass is 10.1. The molecule has 8 heteroatoms. The maximum Gasteiger partial charge on any atom is 0.416 e. The minimum atomic E-state index is -4.36. The van der Waals surface area contributed by atoms with E-state index in [1.807, 2.05) is 25.1 Å². The number of nitrogens with zero attached hydrogens (tertiary/aromatic N) is 4. The number of rotatable bonds is 3. The van der Waals surface area contributed by atoms with E-state index < -0.39 is 11.7 Å². The summed E-state index contributed by atoms with van der Waals surface area (Å²) in [6, 6.07) is 12.9. The molecule has 0 aliphatic carbocycles. The van der Waals surface area contributed by atoms with Gasteiger partial charge in [0.25, 0.3) is 0 Å². The van der Waals surface area contributed by atoms with Gasteiger partial charge in [-0.3, -0.25) is 0 Å². The summed E-state index contributed by atoms with van der Waals surface area (Å²) >= 11 is 1.42. The molecule has 0 N–H and O–H groups in total. The fourth-order valence-electron chi connectivity index (χ4n) is 2.69. The number of alkyl halides is 3. The van der Waals surface area contributed by atoms with Crippen LogP contribution in [0.15, 0.2) is 48.5 Å². The van der Waals surface area contributed by atoms with Crippen LogP contribution in [-0.4, -0.2) is 19.8 Å². The second-order valence-corrected chi connectivity index (χ2v) is 6.93. The topological polar surface area (TPSA) is 43.1 Å². The number of aromatic nitrogens is 4. The zero-order valence-electron chi connectivity index (χ0n) is 13.7. The average molecular weight is 374 g/mol. The first-order valence-corrected chi connectivity index (χ1v) is 8.67. The third-order valence-corrected chi connectivity index (χ3v) is 5.00. The van der Waals surface area contributed by atoms with E-state index in [0.29, 0.717) is 22.8 Å². The molecule has 0 fully saturated rings. The average Bonchev–Trinajstić information content (AvgIpc) is 3.16. The van der Waals surface area contributed by atoms with Crippen LogP contribution in [0.25, 0.3) is 16.3 Å². The standard InChI is InChI=1S/C18H13F3N4S/c1-11-4-2-3-5-13(11)10-15-24-25-16(22-23-17(25)26-15)12-6-8-14(9-7-12)18(19,20)21/h2-9H,10H2,1H3. The highest BCUT2D eigenvalue weighted by molar-refractivity contribution is 7.16. The third kappa shape index (κ3) is 3.08. The molecule has 4 aromatic rings. The summed E-state index contributed by atoms with van der Waals surface area (Å²) in [6.45, 7) is 2.04. The molecule has 0 atom stereocenters. The van der Waals surface area contributed by atoms with E-state index in [-0.39, 0.29) is 0 Å². The molecule has 26 heavy (non-hydrogen) atoms. The van der Waals surface area contributed by atoms with Crippen molar-refractivity contribution in [2.24, 2.45) is 0 Å². The van der Waals surface area contributed by atoms with Gasteiger partial charge in [-0.25, -0.2) is 0 Å². The molecule has 2 aromatic carbocycles. The molecule has 0 amide bonds. The molecule has 0 unspecified atom stereocenters. The van der Waals surface area contributed by atoms with Crippen LogP contribution in [0.1, 0.15) is 21.7 Å². The Morgan fingerprint density at radius 3 is 2.42 bits per heavy atom. The van der Waals surface area contributed by atoms with E-state index in [4.69, 9.17) is 0 Å². The normalized spacial score (nSPS) is 12.0. The van der Waals surface area contributed by atoms with Gasteiger partial charge >= 0.3 is 6.18 Å². The molecule has 0 saturated heterocycles. The van der Waals surface area contributed by atoms with Crippen molar-refractivity contribution < 1.29 is 13.2 Å². The minimum absolute atomic E-state index is 0.431. The summed E-state index contributed by atoms with van der Waals surface area (Å²) in [5.41, 5.74) is 2.20. The summed E-state index contributed by atoms with van der Waals surface area (Å²) in [5.74, 6) is 0.431.